The summed E-state index contributed by atoms with van der Waals surface area (Å²) in [4.78, 5) is 15.9. The maximum atomic E-state index is 8.96. The Balaban J connectivity index is 1.94. The summed E-state index contributed by atoms with van der Waals surface area (Å²) in [5.41, 5.74) is 8.70. The number of nitriles is 1. The molecular formula is C15H13ClN6S. The first kappa shape index (κ1) is 15.6. The van der Waals surface area contributed by atoms with E-state index in [0.717, 1.165) is 22.2 Å². The normalized spacial score (nSPS) is 12.3. The van der Waals surface area contributed by atoms with E-state index >= 15 is 0 Å². The molecule has 0 aliphatic rings. The molecule has 1 atom stereocenters. The molecule has 0 radical (unpaired) electrons. The maximum absolute atomic E-state index is 8.96. The molecule has 3 aromatic heterocycles. The van der Waals surface area contributed by atoms with Gasteiger partial charge in [-0.3, -0.25) is 0 Å². The molecule has 0 saturated carbocycles. The van der Waals surface area contributed by atoms with Gasteiger partial charge in [-0.1, -0.05) is 23.4 Å². The van der Waals surface area contributed by atoms with E-state index < -0.39 is 0 Å². The number of hydrogen-bond donors (Lipinski definition) is 2. The lowest BCUT2D eigenvalue weighted by Gasteiger charge is -2.11. The number of fused-ring (bicyclic) bond motifs is 1. The molecule has 3 N–H and O–H groups in total. The Morgan fingerprint density at radius 3 is 2.87 bits per heavy atom. The molecule has 3 rings (SSSR count). The highest BCUT2D eigenvalue weighted by Crippen LogP contribution is 2.35. The molecule has 1 unspecified atom stereocenters. The van der Waals surface area contributed by atoms with Crippen LogP contribution in [0.3, 0.4) is 0 Å². The molecule has 0 saturated heterocycles. The zero-order chi connectivity index (χ0) is 16.6. The lowest BCUT2D eigenvalue weighted by molar-refractivity contribution is 0.936. The first-order valence-corrected chi connectivity index (χ1v) is 8.09. The molecular weight excluding hydrogens is 332 g/mol. The van der Waals surface area contributed by atoms with Gasteiger partial charge in [-0.15, -0.1) is 0 Å². The van der Waals surface area contributed by atoms with Crippen LogP contribution in [0.4, 0.5) is 5.82 Å². The van der Waals surface area contributed by atoms with Crippen molar-refractivity contribution in [3.05, 3.63) is 40.4 Å². The number of rotatable bonds is 3. The maximum Gasteiger partial charge on any atom is 0.191 e. The number of anilines is 1. The highest BCUT2D eigenvalue weighted by Gasteiger charge is 2.16. The summed E-state index contributed by atoms with van der Waals surface area (Å²) < 4.78 is 0. The summed E-state index contributed by atoms with van der Waals surface area (Å²) in [5.74, 6) is 0.272. The SMILES string of the molecule is Cc1c[nH]c2c(Cl)nc(C(C)Sc3nc(N)cc(C#N)n3)cc12. The van der Waals surface area contributed by atoms with Crippen LogP contribution in [0.15, 0.2) is 23.5 Å². The molecule has 0 aromatic carbocycles. The Hall–Kier alpha value is -2.30. The third-order valence-electron chi connectivity index (χ3n) is 3.39. The summed E-state index contributed by atoms with van der Waals surface area (Å²) in [7, 11) is 0. The fraction of sp³-hybridized carbons (Fsp3) is 0.200. The summed E-state index contributed by atoms with van der Waals surface area (Å²) >= 11 is 7.63. The predicted octanol–water partition coefficient (Wildman–Crippen LogP) is 3.62. The number of nitrogens with zero attached hydrogens (tertiary/aromatic N) is 4. The van der Waals surface area contributed by atoms with Crippen molar-refractivity contribution < 1.29 is 0 Å². The quantitative estimate of drug-likeness (QED) is 0.427. The first-order chi connectivity index (χ1) is 11.0. The van der Waals surface area contributed by atoms with E-state index in [0.29, 0.717) is 10.3 Å². The van der Waals surface area contributed by atoms with Crippen molar-refractivity contribution in [1.29, 1.82) is 5.26 Å². The van der Waals surface area contributed by atoms with Crippen molar-refractivity contribution in [3.63, 3.8) is 0 Å². The van der Waals surface area contributed by atoms with Gasteiger partial charge >= 0.3 is 0 Å². The van der Waals surface area contributed by atoms with Gasteiger partial charge in [-0.25, -0.2) is 15.0 Å². The molecule has 0 fully saturated rings. The van der Waals surface area contributed by atoms with Crippen LogP contribution in [-0.4, -0.2) is 19.9 Å². The Labute approximate surface area is 142 Å². The summed E-state index contributed by atoms with van der Waals surface area (Å²) in [6.07, 6.45) is 1.90. The number of aromatic amines is 1. The molecule has 0 bridgehead atoms. The Morgan fingerprint density at radius 2 is 2.13 bits per heavy atom. The lowest BCUT2D eigenvalue weighted by atomic mass is 10.2. The molecule has 116 valence electrons. The van der Waals surface area contributed by atoms with Crippen molar-refractivity contribution in [2.75, 3.05) is 5.73 Å². The minimum Gasteiger partial charge on any atom is -0.384 e. The van der Waals surface area contributed by atoms with Crippen molar-refractivity contribution in [1.82, 2.24) is 19.9 Å². The zero-order valence-electron chi connectivity index (χ0n) is 12.5. The summed E-state index contributed by atoms with van der Waals surface area (Å²) in [6, 6.07) is 5.42. The Morgan fingerprint density at radius 1 is 1.35 bits per heavy atom. The largest absolute Gasteiger partial charge is 0.384 e. The van der Waals surface area contributed by atoms with Crippen molar-refractivity contribution in [3.8, 4) is 6.07 Å². The van der Waals surface area contributed by atoms with Crippen LogP contribution < -0.4 is 5.73 Å². The Bertz CT molecular complexity index is 930. The minimum atomic E-state index is -0.0421. The van der Waals surface area contributed by atoms with Gasteiger partial charge in [0.2, 0.25) is 0 Å². The molecule has 0 spiro atoms. The van der Waals surface area contributed by atoms with Crippen LogP contribution >= 0.6 is 23.4 Å². The second kappa shape index (κ2) is 6.07. The number of H-pyrrole nitrogens is 1. The van der Waals surface area contributed by atoms with Crippen LogP contribution in [0.2, 0.25) is 5.15 Å². The van der Waals surface area contributed by atoms with Crippen LogP contribution in [0.5, 0.6) is 0 Å². The highest BCUT2D eigenvalue weighted by atomic mass is 35.5. The molecule has 6 nitrogen and oxygen atoms in total. The fourth-order valence-corrected chi connectivity index (χ4v) is 3.34. The fourth-order valence-electron chi connectivity index (χ4n) is 2.22. The predicted molar refractivity (Wildman–Crippen MR) is 91.3 cm³/mol. The van der Waals surface area contributed by atoms with Crippen molar-refractivity contribution in [2.24, 2.45) is 0 Å². The number of aromatic nitrogens is 4. The monoisotopic (exact) mass is 344 g/mol. The second-order valence-corrected chi connectivity index (χ2v) is 6.73. The van der Waals surface area contributed by atoms with Gasteiger partial charge in [0.25, 0.3) is 0 Å². The molecule has 0 aliphatic carbocycles. The van der Waals surface area contributed by atoms with Gasteiger partial charge in [0.1, 0.15) is 17.6 Å². The number of nitrogens with two attached hydrogens (primary N) is 1. The van der Waals surface area contributed by atoms with E-state index in [1.54, 1.807) is 0 Å². The third kappa shape index (κ3) is 3.09. The number of pyridine rings is 1. The number of hydrogen-bond acceptors (Lipinski definition) is 6. The number of aryl methyl sites for hydroxylation is 1. The average Bonchev–Trinajstić information content (AvgIpc) is 2.88. The van der Waals surface area contributed by atoms with Crippen molar-refractivity contribution in [2.45, 2.75) is 24.3 Å². The van der Waals surface area contributed by atoms with E-state index in [1.165, 1.54) is 17.8 Å². The van der Waals surface area contributed by atoms with Crippen LogP contribution in [0.25, 0.3) is 10.9 Å². The standard InChI is InChI=1S/C15H13ClN6S/c1-7-6-19-13-10(7)4-11(21-14(13)16)8(2)23-15-20-9(5-17)3-12(18)22-15/h3-4,6,8,19H,1-2H3,(H2,18,20,22). The molecule has 23 heavy (non-hydrogen) atoms. The van der Waals surface area contributed by atoms with Gasteiger partial charge in [0.15, 0.2) is 10.3 Å². The number of halogens is 1. The number of nitrogens with one attached hydrogen (secondary N) is 1. The van der Waals surface area contributed by atoms with E-state index in [1.807, 2.05) is 32.2 Å². The van der Waals surface area contributed by atoms with E-state index in [2.05, 4.69) is 19.9 Å². The molecule has 3 aromatic rings. The Kier molecular flexibility index (Phi) is 4.11. The van der Waals surface area contributed by atoms with Crippen LogP contribution in [0.1, 0.15) is 29.1 Å². The van der Waals surface area contributed by atoms with E-state index in [4.69, 9.17) is 22.6 Å². The highest BCUT2D eigenvalue weighted by molar-refractivity contribution is 7.99. The average molecular weight is 345 g/mol. The van der Waals surface area contributed by atoms with Crippen molar-refractivity contribution >= 4 is 40.1 Å². The topological polar surface area (TPSA) is 104 Å². The second-order valence-electron chi connectivity index (χ2n) is 5.06. The molecule has 8 heteroatoms. The summed E-state index contributed by atoms with van der Waals surface area (Å²) in [5, 5.41) is 10.8. The molecule has 0 amide bonds. The molecule has 0 aliphatic heterocycles. The zero-order valence-corrected chi connectivity index (χ0v) is 14.0. The number of thioether (sulfide) groups is 1. The van der Waals surface area contributed by atoms with Gasteiger partial charge in [-0.2, -0.15) is 5.26 Å². The number of nitrogen functional groups attached to an aromatic ring is 1. The minimum absolute atomic E-state index is 0.0421. The van der Waals surface area contributed by atoms with Crippen LogP contribution in [-0.2, 0) is 0 Å². The first-order valence-electron chi connectivity index (χ1n) is 6.83. The molecule has 3 heterocycles. The third-order valence-corrected chi connectivity index (χ3v) is 4.65. The van der Waals surface area contributed by atoms with Gasteiger partial charge in [-0.05, 0) is 25.5 Å². The van der Waals surface area contributed by atoms with Crippen LogP contribution in [0, 0.1) is 18.3 Å². The van der Waals surface area contributed by atoms with Gasteiger partial charge < -0.3 is 10.7 Å². The van der Waals surface area contributed by atoms with Gasteiger partial charge in [0, 0.05) is 17.6 Å². The van der Waals surface area contributed by atoms with E-state index in [9.17, 15) is 0 Å². The smallest absolute Gasteiger partial charge is 0.191 e. The van der Waals surface area contributed by atoms with E-state index in [-0.39, 0.29) is 16.8 Å². The van der Waals surface area contributed by atoms with Gasteiger partial charge in [0.05, 0.1) is 16.5 Å². The summed E-state index contributed by atoms with van der Waals surface area (Å²) in [6.45, 7) is 3.99. The lowest BCUT2D eigenvalue weighted by Crippen LogP contribution is -2.00.